The molecule has 0 aliphatic rings. The predicted molar refractivity (Wildman–Crippen MR) is 69.8 cm³/mol. The van der Waals surface area contributed by atoms with Crippen molar-refractivity contribution in [2.75, 3.05) is 13.2 Å². The molecular weight excluding hydrogens is 362 g/mol. The molecule has 0 fully saturated rings. The quantitative estimate of drug-likeness (QED) is 0.754. The van der Waals surface area contributed by atoms with Gasteiger partial charge in [-0.05, 0) is 44.8 Å². The summed E-state index contributed by atoms with van der Waals surface area (Å²) in [6.07, 6.45) is 0. The lowest BCUT2D eigenvalue weighted by molar-refractivity contribution is 0.0727. The molecule has 0 bridgehead atoms. The van der Waals surface area contributed by atoms with Crippen LogP contribution in [0, 0.1) is 0 Å². The number of hydrogen-bond donors (Lipinski definition) is 3. The monoisotopic (exact) mass is 371 g/mol. The van der Waals surface area contributed by atoms with Gasteiger partial charge >= 0.3 is 0 Å². The molecule has 0 aliphatic heterocycles. The van der Waals surface area contributed by atoms with Gasteiger partial charge in [0.2, 0.25) is 0 Å². The second-order valence-electron chi connectivity index (χ2n) is 3.56. The standard InChI is InChI=1S/C9H11Br2NO3S/c1-9(3-13,4-14)12-8(15)6-2-5(10)7(11)16-6/h2,13-14H,3-4H2,1H3,(H,12,15). The van der Waals surface area contributed by atoms with E-state index >= 15 is 0 Å². The topological polar surface area (TPSA) is 69.6 Å². The molecule has 0 spiro atoms. The number of thiophene rings is 1. The molecule has 16 heavy (non-hydrogen) atoms. The van der Waals surface area contributed by atoms with E-state index in [1.54, 1.807) is 13.0 Å². The van der Waals surface area contributed by atoms with E-state index < -0.39 is 5.54 Å². The van der Waals surface area contributed by atoms with Crippen LogP contribution in [-0.2, 0) is 0 Å². The molecule has 0 aromatic carbocycles. The zero-order chi connectivity index (χ0) is 12.3. The summed E-state index contributed by atoms with van der Waals surface area (Å²) in [4.78, 5) is 12.3. The zero-order valence-corrected chi connectivity index (χ0v) is 12.4. The van der Waals surface area contributed by atoms with Crippen LogP contribution in [0.15, 0.2) is 14.3 Å². The molecule has 90 valence electrons. The number of aliphatic hydroxyl groups is 2. The summed E-state index contributed by atoms with van der Waals surface area (Å²) in [7, 11) is 0. The first kappa shape index (κ1) is 14.1. The van der Waals surface area contributed by atoms with E-state index in [1.165, 1.54) is 11.3 Å². The van der Waals surface area contributed by atoms with Gasteiger partial charge in [0.05, 0.1) is 27.4 Å². The van der Waals surface area contributed by atoms with Crippen molar-refractivity contribution in [3.63, 3.8) is 0 Å². The van der Waals surface area contributed by atoms with Crippen LogP contribution in [0.2, 0.25) is 0 Å². The van der Waals surface area contributed by atoms with Crippen molar-refractivity contribution >= 4 is 49.1 Å². The number of carbonyl (C=O) groups is 1. The second kappa shape index (κ2) is 5.59. The Labute approximate surface area is 114 Å². The zero-order valence-electron chi connectivity index (χ0n) is 8.46. The van der Waals surface area contributed by atoms with Crippen LogP contribution in [0.25, 0.3) is 0 Å². The third-order valence-corrected chi connectivity index (χ3v) is 5.24. The summed E-state index contributed by atoms with van der Waals surface area (Å²) in [5.41, 5.74) is -1.000. The van der Waals surface area contributed by atoms with E-state index in [9.17, 15) is 4.79 Å². The fourth-order valence-electron chi connectivity index (χ4n) is 0.923. The van der Waals surface area contributed by atoms with E-state index in [-0.39, 0.29) is 19.1 Å². The summed E-state index contributed by atoms with van der Waals surface area (Å²) in [6, 6.07) is 1.68. The van der Waals surface area contributed by atoms with Gasteiger partial charge in [-0.1, -0.05) is 0 Å². The third-order valence-electron chi connectivity index (χ3n) is 1.98. The minimum atomic E-state index is -1.000. The van der Waals surface area contributed by atoms with Gasteiger partial charge in [-0.3, -0.25) is 4.79 Å². The lowest BCUT2D eigenvalue weighted by Crippen LogP contribution is -2.51. The number of amides is 1. The molecule has 7 heteroatoms. The van der Waals surface area contributed by atoms with Crippen molar-refractivity contribution in [3.8, 4) is 0 Å². The Balaban J connectivity index is 2.80. The highest BCUT2D eigenvalue weighted by Gasteiger charge is 2.26. The molecule has 1 aromatic heterocycles. The van der Waals surface area contributed by atoms with Gasteiger partial charge in [-0.25, -0.2) is 0 Å². The first-order valence-corrected chi connectivity index (χ1v) is 6.81. The molecule has 0 radical (unpaired) electrons. The lowest BCUT2D eigenvalue weighted by Gasteiger charge is -2.25. The number of rotatable bonds is 4. The minimum absolute atomic E-state index is 0.317. The third kappa shape index (κ3) is 3.27. The van der Waals surface area contributed by atoms with Gasteiger partial charge in [0.25, 0.3) is 5.91 Å². The van der Waals surface area contributed by atoms with Crippen LogP contribution < -0.4 is 5.32 Å². The van der Waals surface area contributed by atoms with Crippen molar-refractivity contribution in [1.82, 2.24) is 5.32 Å². The highest BCUT2D eigenvalue weighted by atomic mass is 79.9. The Morgan fingerprint density at radius 1 is 1.50 bits per heavy atom. The summed E-state index contributed by atoms with van der Waals surface area (Å²) in [6.45, 7) is 0.939. The van der Waals surface area contributed by atoms with Crippen molar-refractivity contribution in [2.24, 2.45) is 0 Å². The number of halogens is 2. The summed E-state index contributed by atoms with van der Waals surface area (Å²) in [5, 5.41) is 20.7. The molecule has 0 aliphatic carbocycles. The first-order valence-electron chi connectivity index (χ1n) is 4.41. The predicted octanol–water partition coefficient (Wildman–Crippen LogP) is 1.75. The highest BCUT2D eigenvalue weighted by Crippen LogP contribution is 2.32. The fraction of sp³-hybridized carbons (Fsp3) is 0.444. The van der Waals surface area contributed by atoms with Crippen molar-refractivity contribution in [2.45, 2.75) is 12.5 Å². The number of hydrogen-bond acceptors (Lipinski definition) is 4. The van der Waals surface area contributed by atoms with Crippen LogP contribution in [0.5, 0.6) is 0 Å². The normalized spacial score (nSPS) is 11.6. The molecule has 0 saturated carbocycles. The molecule has 1 aromatic rings. The molecule has 1 heterocycles. The lowest BCUT2D eigenvalue weighted by atomic mass is 10.1. The Kier molecular flexibility index (Phi) is 4.93. The van der Waals surface area contributed by atoms with E-state index in [1.807, 2.05) is 0 Å². The van der Waals surface area contributed by atoms with Gasteiger partial charge in [0.1, 0.15) is 0 Å². The second-order valence-corrected chi connectivity index (χ2v) is 6.79. The van der Waals surface area contributed by atoms with Crippen LogP contribution in [0.1, 0.15) is 16.6 Å². The summed E-state index contributed by atoms with van der Waals surface area (Å²) < 4.78 is 1.63. The van der Waals surface area contributed by atoms with Crippen LogP contribution in [-0.4, -0.2) is 34.9 Å². The number of nitrogens with one attached hydrogen (secondary N) is 1. The Hall–Kier alpha value is 0.0500. The average Bonchev–Trinajstić information content (AvgIpc) is 2.59. The van der Waals surface area contributed by atoms with Gasteiger partial charge in [-0.2, -0.15) is 0 Å². The maximum atomic E-state index is 11.8. The van der Waals surface area contributed by atoms with E-state index in [2.05, 4.69) is 37.2 Å². The highest BCUT2D eigenvalue weighted by molar-refractivity contribution is 9.13. The molecule has 0 saturated heterocycles. The Morgan fingerprint density at radius 2 is 2.06 bits per heavy atom. The smallest absolute Gasteiger partial charge is 0.262 e. The van der Waals surface area contributed by atoms with Crippen LogP contribution >= 0.6 is 43.2 Å². The number of carbonyl (C=O) groups excluding carboxylic acids is 1. The van der Waals surface area contributed by atoms with Crippen molar-refractivity contribution < 1.29 is 15.0 Å². The van der Waals surface area contributed by atoms with Gasteiger partial charge in [-0.15, -0.1) is 11.3 Å². The molecule has 1 amide bonds. The SMILES string of the molecule is CC(CO)(CO)NC(=O)c1cc(Br)c(Br)s1. The maximum Gasteiger partial charge on any atom is 0.262 e. The molecule has 4 nitrogen and oxygen atoms in total. The average molecular weight is 373 g/mol. The largest absolute Gasteiger partial charge is 0.394 e. The van der Waals surface area contributed by atoms with E-state index in [0.717, 1.165) is 8.26 Å². The molecule has 1 rings (SSSR count). The van der Waals surface area contributed by atoms with Crippen molar-refractivity contribution in [1.29, 1.82) is 0 Å². The maximum absolute atomic E-state index is 11.8. The summed E-state index contributed by atoms with van der Waals surface area (Å²) >= 11 is 7.85. The van der Waals surface area contributed by atoms with Crippen LogP contribution in [0.4, 0.5) is 0 Å². The molecular formula is C9H11Br2NO3S. The molecule has 0 atom stereocenters. The van der Waals surface area contributed by atoms with E-state index in [4.69, 9.17) is 10.2 Å². The van der Waals surface area contributed by atoms with Crippen LogP contribution in [0.3, 0.4) is 0 Å². The number of aliphatic hydroxyl groups excluding tert-OH is 2. The Morgan fingerprint density at radius 3 is 2.44 bits per heavy atom. The first-order chi connectivity index (χ1) is 7.41. The fourth-order valence-corrected chi connectivity index (χ4v) is 2.85. The van der Waals surface area contributed by atoms with E-state index in [0.29, 0.717) is 4.88 Å². The van der Waals surface area contributed by atoms with Gasteiger partial charge < -0.3 is 15.5 Å². The van der Waals surface area contributed by atoms with Gasteiger partial charge in [0.15, 0.2) is 0 Å². The molecule has 3 N–H and O–H groups in total. The van der Waals surface area contributed by atoms with Crippen molar-refractivity contribution in [3.05, 3.63) is 19.2 Å². The molecule has 0 unspecified atom stereocenters. The van der Waals surface area contributed by atoms with Gasteiger partial charge in [0, 0.05) is 4.47 Å². The Bertz CT molecular complexity index is 371. The summed E-state index contributed by atoms with van der Waals surface area (Å²) in [5.74, 6) is -0.318. The minimum Gasteiger partial charge on any atom is -0.394 e.